The lowest BCUT2D eigenvalue weighted by molar-refractivity contribution is -0.118. The maximum Gasteiger partial charge on any atom is 0.277 e. The highest BCUT2D eigenvalue weighted by Crippen LogP contribution is 2.41. The minimum absolute atomic E-state index is 0.0268. The molecule has 1 aromatic carbocycles. The molecule has 0 bridgehead atoms. The Bertz CT molecular complexity index is 1010. The van der Waals surface area contributed by atoms with Crippen LogP contribution >= 0.6 is 34.7 Å². The van der Waals surface area contributed by atoms with Gasteiger partial charge >= 0.3 is 0 Å². The average molecular weight is 434 g/mol. The fourth-order valence-electron chi connectivity index (χ4n) is 3.18. The molecule has 2 aromatic heterocycles. The van der Waals surface area contributed by atoms with E-state index in [2.05, 4.69) is 21.6 Å². The Morgan fingerprint density at radius 2 is 2.18 bits per heavy atom. The predicted octanol–water partition coefficient (Wildman–Crippen LogP) is 5.70. The van der Waals surface area contributed by atoms with Crippen LogP contribution in [0.3, 0.4) is 0 Å². The molecule has 0 unspecified atom stereocenters. The number of hydrogen-bond donors (Lipinski definition) is 1. The maximum atomic E-state index is 12.0. The highest BCUT2D eigenvalue weighted by molar-refractivity contribution is 7.99. The second-order valence-corrected chi connectivity index (χ2v) is 8.97. The van der Waals surface area contributed by atoms with Gasteiger partial charge in [-0.3, -0.25) is 4.79 Å². The van der Waals surface area contributed by atoms with Crippen molar-refractivity contribution in [3.8, 4) is 10.8 Å². The van der Waals surface area contributed by atoms with E-state index in [1.54, 1.807) is 0 Å². The largest absolute Gasteiger partial charge is 0.410 e. The molecule has 1 aliphatic rings. The van der Waals surface area contributed by atoms with Gasteiger partial charge in [-0.2, -0.15) is 0 Å². The lowest BCUT2D eigenvalue weighted by atomic mass is 9.97. The summed E-state index contributed by atoms with van der Waals surface area (Å²) in [6.07, 6.45) is 8.12. The smallest absolute Gasteiger partial charge is 0.277 e. The highest BCUT2D eigenvalue weighted by atomic mass is 35.5. The molecular formula is C20H20ClN3O2S2. The number of halogens is 1. The molecule has 28 heavy (non-hydrogen) atoms. The lowest BCUT2D eigenvalue weighted by Crippen LogP contribution is -2.26. The fourth-order valence-corrected chi connectivity index (χ4v) is 5.21. The topological polar surface area (TPSA) is 68.0 Å². The van der Waals surface area contributed by atoms with E-state index in [1.807, 2.05) is 24.3 Å². The quantitative estimate of drug-likeness (QED) is 0.382. The van der Waals surface area contributed by atoms with Gasteiger partial charge in [-0.05, 0) is 38.2 Å². The van der Waals surface area contributed by atoms with Crippen LogP contribution in [0.5, 0.6) is 0 Å². The summed E-state index contributed by atoms with van der Waals surface area (Å²) in [6.45, 7) is 0.678. The number of aromatic nitrogens is 2. The van der Waals surface area contributed by atoms with Crippen LogP contribution < -0.4 is 5.32 Å². The van der Waals surface area contributed by atoms with Crippen LogP contribution in [0.15, 0.2) is 45.6 Å². The predicted molar refractivity (Wildman–Crippen MR) is 115 cm³/mol. The number of fused-ring (bicyclic) bond motifs is 1. The molecule has 8 heteroatoms. The minimum Gasteiger partial charge on any atom is -0.410 e. The summed E-state index contributed by atoms with van der Waals surface area (Å²) in [5.41, 5.74) is 1.46. The first-order valence-corrected chi connectivity index (χ1v) is 11.5. The Hall–Kier alpha value is -1.83. The molecule has 146 valence electrons. The van der Waals surface area contributed by atoms with Crippen LogP contribution in [0, 0.1) is 0 Å². The number of nitrogens with one attached hydrogen (secondary N) is 1. The molecule has 0 fully saturated rings. The van der Waals surface area contributed by atoms with E-state index in [0.29, 0.717) is 22.7 Å². The number of hydrogen-bond acceptors (Lipinski definition) is 6. The van der Waals surface area contributed by atoms with Crippen LogP contribution in [0.25, 0.3) is 20.9 Å². The van der Waals surface area contributed by atoms with Gasteiger partial charge in [0.25, 0.3) is 11.1 Å². The molecule has 5 nitrogen and oxygen atoms in total. The second-order valence-electron chi connectivity index (χ2n) is 6.61. The average Bonchev–Trinajstić information content (AvgIpc) is 3.32. The number of thiophene rings is 1. The summed E-state index contributed by atoms with van der Waals surface area (Å²) in [7, 11) is 0. The summed E-state index contributed by atoms with van der Waals surface area (Å²) in [6, 6.07) is 7.90. The van der Waals surface area contributed by atoms with Crippen molar-refractivity contribution in [2.45, 2.75) is 37.3 Å². The standard InChI is InChI=1S/C20H20ClN3O2S2/c21-17-14-8-4-5-9-15(14)28-18(17)19-23-24-20(26-19)27-12-16(25)22-11-10-13-6-2-1-3-7-13/h4-6,8-9H,1-3,7,10-12H2,(H,22,25). The van der Waals surface area contributed by atoms with Gasteiger partial charge in [0.05, 0.1) is 10.8 Å². The van der Waals surface area contributed by atoms with Gasteiger partial charge in [-0.15, -0.1) is 21.5 Å². The zero-order valence-corrected chi connectivity index (χ0v) is 17.6. The maximum absolute atomic E-state index is 12.0. The summed E-state index contributed by atoms with van der Waals surface area (Å²) in [4.78, 5) is 12.8. The number of nitrogens with zero attached hydrogens (tertiary/aromatic N) is 2. The van der Waals surface area contributed by atoms with Crippen molar-refractivity contribution in [3.05, 3.63) is 40.9 Å². The van der Waals surface area contributed by atoms with Crippen molar-refractivity contribution < 1.29 is 9.21 Å². The second kappa shape index (κ2) is 9.11. The first kappa shape index (κ1) is 19.5. The van der Waals surface area contributed by atoms with Crippen LogP contribution in [0.1, 0.15) is 32.1 Å². The summed E-state index contributed by atoms with van der Waals surface area (Å²) in [5.74, 6) is 0.611. The normalized spacial score (nSPS) is 14.2. The Kier molecular flexibility index (Phi) is 6.34. The first-order valence-electron chi connectivity index (χ1n) is 9.29. The molecule has 3 aromatic rings. The molecule has 0 saturated heterocycles. The first-order chi connectivity index (χ1) is 13.7. The van der Waals surface area contributed by atoms with Crippen LogP contribution in [-0.2, 0) is 4.79 Å². The van der Waals surface area contributed by atoms with Crippen LogP contribution in [0.4, 0.5) is 0 Å². The van der Waals surface area contributed by atoms with Crippen molar-refractivity contribution in [1.29, 1.82) is 0 Å². The third-order valence-electron chi connectivity index (χ3n) is 4.62. The SMILES string of the molecule is O=C(CSc1nnc(-c2sc3ccccc3c2Cl)o1)NCCC1=CCCCC1. The van der Waals surface area contributed by atoms with Gasteiger partial charge in [0, 0.05) is 16.6 Å². The van der Waals surface area contributed by atoms with Crippen molar-refractivity contribution in [2.24, 2.45) is 0 Å². The van der Waals surface area contributed by atoms with E-state index < -0.39 is 0 Å². The summed E-state index contributed by atoms with van der Waals surface area (Å²) < 4.78 is 6.78. The molecule has 4 rings (SSSR count). The van der Waals surface area contributed by atoms with Crippen molar-refractivity contribution in [2.75, 3.05) is 12.3 Å². The highest BCUT2D eigenvalue weighted by Gasteiger charge is 2.18. The Balaban J connectivity index is 1.30. The summed E-state index contributed by atoms with van der Waals surface area (Å²) in [5, 5.41) is 13.0. The van der Waals surface area contributed by atoms with E-state index >= 15 is 0 Å². The van der Waals surface area contributed by atoms with E-state index in [1.165, 1.54) is 47.9 Å². The molecule has 1 aliphatic carbocycles. The monoisotopic (exact) mass is 433 g/mol. The van der Waals surface area contributed by atoms with Crippen LogP contribution in [-0.4, -0.2) is 28.4 Å². The van der Waals surface area contributed by atoms with Crippen LogP contribution in [0.2, 0.25) is 5.02 Å². The summed E-state index contributed by atoms with van der Waals surface area (Å²) >= 11 is 9.21. The number of allylic oxidation sites excluding steroid dienone is 1. The van der Waals surface area contributed by atoms with Gasteiger partial charge in [-0.1, -0.05) is 53.2 Å². The fraction of sp³-hybridized carbons (Fsp3) is 0.350. The molecule has 0 spiro atoms. The molecule has 0 aliphatic heterocycles. The third kappa shape index (κ3) is 4.59. The minimum atomic E-state index is -0.0268. The van der Waals surface area contributed by atoms with Gasteiger partial charge in [0.1, 0.15) is 4.88 Å². The van der Waals surface area contributed by atoms with Gasteiger partial charge in [0.15, 0.2) is 0 Å². The third-order valence-corrected chi connectivity index (χ3v) is 7.10. The number of rotatable bonds is 7. The zero-order chi connectivity index (χ0) is 19.3. The molecule has 0 atom stereocenters. The molecular weight excluding hydrogens is 414 g/mol. The molecule has 1 amide bonds. The zero-order valence-electron chi connectivity index (χ0n) is 15.2. The van der Waals surface area contributed by atoms with Gasteiger partial charge in [0.2, 0.25) is 5.91 Å². The van der Waals surface area contributed by atoms with E-state index in [0.717, 1.165) is 27.8 Å². The molecule has 0 radical (unpaired) electrons. The molecule has 1 N–H and O–H groups in total. The number of carbonyl (C=O) groups is 1. The van der Waals surface area contributed by atoms with Gasteiger partial charge < -0.3 is 9.73 Å². The van der Waals surface area contributed by atoms with Crippen molar-refractivity contribution >= 4 is 50.7 Å². The number of amides is 1. The number of carbonyl (C=O) groups excluding carboxylic acids is 1. The van der Waals surface area contributed by atoms with E-state index in [9.17, 15) is 4.79 Å². The number of benzene rings is 1. The molecule has 2 heterocycles. The Morgan fingerprint density at radius 1 is 1.29 bits per heavy atom. The van der Waals surface area contributed by atoms with Crippen molar-refractivity contribution in [1.82, 2.24) is 15.5 Å². The lowest BCUT2D eigenvalue weighted by Gasteiger charge is -2.12. The Morgan fingerprint density at radius 3 is 3.00 bits per heavy atom. The number of thioether (sulfide) groups is 1. The van der Waals surface area contributed by atoms with E-state index in [4.69, 9.17) is 16.0 Å². The Labute approximate surface area is 176 Å². The molecule has 0 saturated carbocycles. The van der Waals surface area contributed by atoms with E-state index in [-0.39, 0.29) is 11.7 Å². The van der Waals surface area contributed by atoms with Crippen molar-refractivity contribution in [3.63, 3.8) is 0 Å². The van der Waals surface area contributed by atoms with Gasteiger partial charge in [-0.25, -0.2) is 0 Å².